The van der Waals surface area contributed by atoms with Gasteiger partial charge in [0.05, 0.1) is 19.8 Å². The molecule has 0 aliphatic heterocycles. The van der Waals surface area contributed by atoms with E-state index in [1.54, 1.807) is 0 Å². The van der Waals surface area contributed by atoms with Crippen LogP contribution in [0.1, 0.15) is 24.9 Å². The van der Waals surface area contributed by atoms with Crippen LogP contribution in [-0.2, 0) is 9.47 Å². The fourth-order valence-corrected chi connectivity index (χ4v) is 1.86. The van der Waals surface area contributed by atoms with Crippen LogP contribution in [0.4, 0.5) is 0 Å². The molecule has 0 amide bonds. The molecule has 78 valence electrons. The fraction of sp³-hybridized carbons (Fsp3) is 0.222. The number of nitriles is 1. The highest BCUT2D eigenvalue weighted by molar-refractivity contribution is 7.16. The molecule has 0 spiro atoms. The first-order valence-electron chi connectivity index (χ1n) is 3.84. The topological polar surface area (TPSA) is 76.4 Å². The van der Waals surface area contributed by atoms with E-state index in [9.17, 15) is 9.59 Å². The van der Waals surface area contributed by atoms with Crippen molar-refractivity contribution in [3.63, 3.8) is 0 Å². The molecule has 6 heteroatoms. The Balaban J connectivity index is 3.18. The average Bonchev–Trinajstić information content (AvgIpc) is 2.70. The molecule has 0 atom stereocenters. The zero-order valence-electron chi connectivity index (χ0n) is 8.07. The molecule has 1 aromatic rings. The lowest BCUT2D eigenvalue weighted by Gasteiger charge is -1.93. The Kier molecular flexibility index (Phi) is 3.42. The van der Waals surface area contributed by atoms with Gasteiger partial charge in [-0.1, -0.05) is 0 Å². The van der Waals surface area contributed by atoms with Crippen LogP contribution in [0.15, 0.2) is 6.07 Å². The van der Waals surface area contributed by atoms with E-state index in [1.165, 1.54) is 20.3 Å². The molecule has 1 rings (SSSR count). The Morgan fingerprint density at radius 2 is 1.93 bits per heavy atom. The van der Waals surface area contributed by atoms with E-state index in [4.69, 9.17) is 5.26 Å². The smallest absolute Gasteiger partial charge is 0.349 e. The summed E-state index contributed by atoms with van der Waals surface area (Å²) >= 11 is 0.878. The summed E-state index contributed by atoms with van der Waals surface area (Å²) in [5, 5.41) is 8.73. The molecule has 1 aromatic heterocycles. The summed E-state index contributed by atoms with van der Waals surface area (Å²) in [6.07, 6.45) is 0. The first-order valence-corrected chi connectivity index (χ1v) is 4.66. The van der Waals surface area contributed by atoms with Crippen molar-refractivity contribution < 1.29 is 19.1 Å². The Bertz CT molecular complexity index is 443. The molecule has 0 unspecified atom stereocenters. The second kappa shape index (κ2) is 4.57. The third-order valence-electron chi connectivity index (χ3n) is 1.61. The highest BCUT2D eigenvalue weighted by Crippen LogP contribution is 2.23. The van der Waals surface area contributed by atoms with Crippen LogP contribution >= 0.6 is 11.3 Å². The van der Waals surface area contributed by atoms with Gasteiger partial charge in [-0.3, -0.25) is 0 Å². The van der Waals surface area contributed by atoms with Crippen molar-refractivity contribution in [2.24, 2.45) is 0 Å². The molecule has 5 nitrogen and oxygen atoms in total. The summed E-state index contributed by atoms with van der Waals surface area (Å²) in [5.41, 5.74) is 0.118. The number of hydrogen-bond acceptors (Lipinski definition) is 6. The first-order chi connectivity index (χ1) is 7.13. The Morgan fingerprint density at radius 3 is 2.40 bits per heavy atom. The third kappa shape index (κ3) is 2.14. The number of nitrogens with zero attached hydrogens (tertiary/aromatic N) is 1. The van der Waals surface area contributed by atoms with Crippen molar-refractivity contribution in [3.8, 4) is 6.07 Å². The van der Waals surface area contributed by atoms with Gasteiger partial charge in [-0.25, -0.2) is 9.59 Å². The highest BCUT2D eigenvalue weighted by atomic mass is 32.1. The lowest BCUT2D eigenvalue weighted by Crippen LogP contribution is -1.99. The molecule has 0 N–H and O–H groups in total. The van der Waals surface area contributed by atoms with Crippen molar-refractivity contribution in [2.45, 2.75) is 0 Å². The number of ether oxygens (including phenoxy) is 2. The summed E-state index contributed by atoms with van der Waals surface area (Å²) < 4.78 is 8.95. The van der Waals surface area contributed by atoms with Crippen LogP contribution in [-0.4, -0.2) is 26.2 Å². The maximum Gasteiger partial charge on any atom is 0.349 e. The summed E-state index contributed by atoms with van der Waals surface area (Å²) in [6, 6.07) is 3.12. The Labute approximate surface area is 89.8 Å². The van der Waals surface area contributed by atoms with E-state index in [1.807, 2.05) is 6.07 Å². The van der Waals surface area contributed by atoms with Crippen molar-refractivity contribution in [2.75, 3.05) is 14.2 Å². The van der Waals surface area contributed by atoms with Crippen molar-refractivity contribution in [3.05, 3.63) is 21.4 Å². The molecular formula is C9H7NO4S. The average molecular weight is 225 g/mol. The van der Waals surface area contributed by atoms with Gasteiger partial charge in [0.2, 0.25) is 0 Å². The molecule has 0 aliphatic rings. The maximum atomic E-state index is 11.2. The molecule has 0 fully saturated rings. The Morgan fingerprint density at radius 1 is 1.33 bits per heavy atom. The number of thiophene rings is 1. The second-order valence-electron chi connectivity index (χ2n) is 2.45. The zero-order chi connectivity index (χ0) is 11.4. The molecule has 0 aliphatic carbocycles. The fourth-order valence-electron chi connectivity index (χ4n) is 0.920. The van der Waals surface area contributed by atoms with Crippen LogP contribution in [0.5, 0.6) is 0 Å². The summed E-state index contributed by atoms with van der Waals surface area (Å²) in [5.74, 6) is -1.21. The minimum absolute atomic E-state index is 0.111. The monoisotopic (exact) mass is 225 g/mol. The first kappa shape index (κ1) is 11.2. The molecule has 15 heavy (non-hydrogen) atoms. The van der Waals surface area contributed by atoms with Gasteiger partial charge in [-0.2, -0.15) is 5.26 Å². The second-order valence-corrected chi connectivity index (χ2v) is 3.50. The van der Waals surface area contributed by atoms with Crippen molar-refractivity contribution in [1.82, 2.24) is 0 Å². The molecule has 0 saturated heterocycles. The quantitative estimate of drug-likeness (QED) is 0.706. The molecule has 0 saturated carbocycles. The third-order valence-corrected chi connectivity index (χ3v) is 2.71. The van der Waals surface area contributed by atoms with Gasteiger partial charge in [0.25, 0.3) is 0 Å². The predicted molar refractivity (Wildman–Crippen MR) is 51.7 cm³/mol. The standard InChI is InChI=1S/C9H7NO4S/c1-13-8(11)6-3-5(4-10)7(15-6)9(12)14-2/h3H,1-2H3. The number of hydrogen-bond donors (Lipinski definition) is 0. The van der Waals surface area contributed by atoms with Gasteiger partial charge >= 0.3 is 11.9 Å². The van der Waals surface area contributed by atoms with Gasteiger partial charge in [0.1, 0.15) is 15.8 Å². The van der Waals surface area contributed by atoms with Crippen molar-refractivity contribution in [1.29, 1.82) is 5.26 Å². The maximum absolute atomic E-state index is 11.2. The van der Waals surface area contributed by atoms with E-state index in [0.717, 1.165) is 11.3 Å². The van der Waals surface area contributed by atoms with E-state index >= 15 is 0 Å². The van der Waals surface area contributed by atoms with Crippen LogP contribution in [0.25, 0.3) is 0 Å². The summed E-state index contributed by atoms with van der Waals surface area (Å²) in [7, 11) is 2.44. The van der Waals surface area contributed by atoms with Crippen LogP contribution in [0, 0.1) is 11.3 Å². The van der Waals surface area contributed by atoms with Crippen LogP contribution in [0.2, 0.25) is 0 Å². The predicted octanol–water partition coefficient (Wildman–Crippen LogP) is 1.19. The molecular weight excluding hydrogens is 218 g/mol. The van der Waals surface area contributed by atoms with Gasteiger partial charge < -0.3 is 9.47 Å². The number of rotatable bonds is 2. The minimum Gasteiger partial charge on any atom is -0.465 e. The molecule has 0 radical (unpaired) electrons. The van der Waals surface area contributed by atoms with Crippen LogP contribution in [0.3, 0.4) is 0 Å². The lowest BCUT2D eigenvalue weighted by atomic mass is 10.2. The van der Waals surface area contributed by atoms with E-state index in [-0.39, 0.29) is 15.3 Å². The van der Waals surface area contributed by atoms with E-state index < -0.39 is 11.9 Å². The largest absolute Gasteiger partial charge is 0.465 e. The molecule has 0 bridgehead atoms. The summed E-state index contributed by atoms with van der Waals surface area (Å²) in [4.78, 5) is 22.6. The number of methoxy groups -OCH3 is 2. The summed E-state index contributed by atoms with van der Waals surface area (Å²) in [6.45, 7) is 0. The number of esters is 2. The normalized spacial score (nSPS) is 9.13. The Hall–Kier alpha value is -1.87. The molecule has 0 aromatic carbocycles. The van der Waals surface area contributed by atoms with Crippen LogP contribution < -0.4 is 0 Å². The van der Waals surface area contributed by atoms with E-state index in [0.29, 0.717) is 0 Å². The number of carbonyl (C=O) groups excluding carboxylic acids is 2. The lowest BCUT2D eigenvalue weighted by molar-refractivity contribution is 0.0599. The van der Waals surface area contributed by atoms with Gasteiger partial charge in [0, 0.05) is 0 Å². The number of carbonyl (C=O) groups is 2. The van der Waals surface area contributed by atoms with Gasteiger partial charge in [0.15, 0.2) is 0 Å². The molecule has 1 heterocycles. The van der Waals surface area contributed by atoms with Crippen molar-refractivity contribution >= 4 is 23.3 Å². The minimum atomic E-state index is -0.633. The van der Waals surface area contributed by atoms with Gasteiger partial charge in [-0.15, -0.1) is 11.3 Å². The van der Waals surface area contributed by atoms with Gasteiger partial charge in [-0.05, 0) is 6.07 Å². The zero-order valence-corrected chi connectivity index (χ0v) is 8.88. The SMILES string of the molecule is COC(=O)c1cc(C#N)c(C(=O)OC)s1. The highest BCUT2D eigenvalue weighted by Gasteiger charge is 2.20. The van der Waals surface area contributed by atoms with E-state index in [2.05, 4.69) is 9.47 Å².